The third-order valence-electron chi connectivity index (χ3n) is 3.85. The third-order valence-corrected chi connectivity index (χ3v) is 6.52. The number of sulfone groups is 1. The molecule has 0 aliphatic rings. The van der Waals surface area contributed by atoms with E-state index in [9.17, 15) is 21.6 Å². The summed E-state index contributed by atoms with van der Waals surface area (Å²) in [7, 11) is -3.98. The maximum absolute atomic E-state index is 12.6. The molecule has 0 aliphatic carbocycles. The van der Waals surface area contributed by atoms with Gasteiger partial charge in [-0.2, -0.15) is 0 Å². The number of amides is 1. The number of hydrogen-bond acceptors (Lipinski definition) is 5. The number of benzene rings is 2. The SMILES string of the molecule is Cc1ccc(S(=O)(=O)N(C)C)cc1NC(=O)c1cccc(CS(C)(=O)=O)c1. The van der Waals surface area contributed by atoms with Gasteiger partial charge in [0.15, 0.2) is 9.84 Å². The molecule has 0 spiro atoms. The van der Waals surface area contributed by atoms with Crippen LogP contribution in [-0.2, 0) is 25.6 Å². The van der Waals surface area contributed by atoms with Gasteiger partial charge in [0.25, 0.3) is 5.91 Å². The van der Waals surface area contributed by atoms with Crippen LogP contribution in [0.1, 0.15) is 21.5 Å². The fourth-order valence-corrected chi connectivity index (χ4v) is 4.12. The Bertz CT molecular complexity index is 1070. The first-order valence-corrected chi connectivity index (χ1v) is 11.5. The molecule has 0 saturated heterocycles. The fourth-order valence-electron chi connectivity index (χ4n) is 2.41. The van der Waals surface area contributed by atoms with E-state index in [2.05, 4.69) is 5.32 Å². The van der Waals surface area contributed by atoms with Crippen molar-refractivity contribution in [3.63, 3.8) is 0 Å². The number of hydrogen-bond donors (Lipinski definition) is 1. The largest absolute Gasteiger partial charge is 0.322 e. The van der Waals surface area contributed by atoms with Gasteiger partial charge in [-0.15, -0.1) is 0 Å². The van der Waals surface area contributed by atoms with Gasteiger partial charge in [-0.3, -0.25) is 4.79 Å². The molecule has 146 valence electrons. The summed E-state index contributed by atoms with van der Waals surface area (Å²) >= 11 is 0. The lowest BCUT2D eigenvalue weighted by Gasteiger charge is -2.14. The molecular weight excluding hydrogens is 388 g/mol. The molecule has 0 aliphatic heterocycles. The van der Waals surface area contributed by atoms with E-state index in [0.717, 1.165) is 10.6 Å². The maximum Gasteiger partial charge on any atom is 0.255 e. The first-order valence-electron chi connectivity index (χ1n) is 8.01. The highest BCUT2D eigenvalue weighted by Gasteiger charge is 2.19. The molecule has 0 heterocycles. The normalized spacial score (nSPS) is 12.2. The van der Waals surface area contributed by atoms with Gasteiger partial charge in [0.1, 0.15) is 0 Å². The molecular formula is C18H22N2O5S2. The fraction of sp³-hybridized carbons (Fsp3) is 0.278. The number of carbonyl (C=O) groups excluding carboxylic acids is 1. The first-order chi connectivity index (χ1) is 12.4. The smallest absolute Gasteiger partial charge is 0.255 e. The molecule has 1 amide bonds. The van der Waals surface area contributed by atoms with Gasteiger partial charge in [-0.1, -0.05) is 18.2 Å². The minimum Gasteiger partial charge on any atom is -0.322 e. The molecule has 2 aromatic carbocycles. The Kier molecular flexibility index (Phi) is 6.08. The molecule has 0 unspecified atom stereocenters. The summed E-state index contributed by atoms with van der Waals surface area (Å²) < 4.78 is 48.6. The summed E-state index contributed by atoms with van der Waals surface area (Å²) in [5.41, 5.74) is 1.87. The van der Waals surface area contributed by atoms with Gasteiger partial charge >= 0.3 is 0 Å². The number of sulfonamides is 1. The molecule has 0 bridgehead atoms. The van der Waals surface area contributed by atoms with Crippen LogP contribution in [0.3, 0.4) is 0 Å². The highest BCUT2D eigenvalue weighted by atomic mass is 32.2. The molecule has 1 N–H and O–H groups in total. The molecule has 0 aromatic heterocycles. The number of carbonyl (C=O) groups is 1. The van der Waals surface area contributed by atoms with Gasteiger partial charge in [0.05, 0.1) is 10.6 Å². The number of nitrogens with one attached hydrogen (secondary N) is 1. The number of nitrogens with zero attached hydrogens (tertiary/aromatic N) is 1. The molecule has 7 nitrogen and oxygen atoms in total. The van der Waals surface area contributed by atoms with Crippen molar-refractivity contribution in [3.8, 4) is 0 Å². The summed E-state index contributed by atoms with van der Waals surface area (Å²) in [4.78, 5) is 12.6. The van der Waals surface area contributed by atoms with Crippen LogP contribution in [0.2, 0.25) is 0 Å². The van der Waals surface area contributed by atoms with Crippen molar-refractivity contribution in [2.75, 3.05) is 25.7 Å². The monoisotopic (exact) mass is 410 g/mol. The summed E-state index contributed by atoms with van der Waals surface area (Å²) in [6, 6.07) is 10.8. The zero-order valence-corrected chi connectivity index (χ0v) is 17.2. The molecule has 2 rings (SSSR count). The molecule has 0 radical (unpaired) electrons. The zero-order valence-electron chi connectivity index (χ0n) is 15.6. The van der Waals surface area contributed by atoms with Crippen molar-refractivity contribution in [3.05, 3.63) is 59.2 Å². The van der Waals surface area contributed by atoms with E-state index in [-0.39, 0.29) is 16.2 Å². The van der Waals surface area contributed by atoms with Crippen LogP contribution in [0.15, 0.2) is 47.4 Å². The highest BCUT2D eigenvalue weighted by Crippen LogP contribution is 2.23. The molecule has 0 fully saturated rings. The van der Waals surface area contributed by atoms with Crippen molar-refractivity contribution in [2.45, 2.75) is 17.6 Å². The van der Waals surface area contributed by atoms with Crippen LogP contribution in [0.5, 0.6) is 0 Å². The van der Waals surface area contributed by atoms with Crippen LogP contribution in [-0.4, -0.2) is 47.4 Å². The Hall–Kier alpha value is -2.23. The quantitative estimate of drug-likeness (QED) is 0.785. The molecule has 9 heteroatoms. The van der Waals surface area contributed by atoms with Crippen molar-refractivity contribution in [1.82, 2.24) is 4.31 Å². The zero-order chi connectivity index (χ0) is 20.4. The number of aryl methyl sites for hydroxylation is 1. The Morgan fingerprint density at radius 1 is 1.04 bits per heavy atom. The molecule has 0 atom stereocenters. The van der Waals surface area contributed by atoms with Crippen molar-refractivity contribution in [1.29, 1.82) is 0 Å². The minimum absolute atomic E-state index is 0.0687. The van der Waals surface area contributed by atoms with Crippen LogP contribution >= 0.6 is 0 Å². The van der Waals surface area contributed by atoms with E-state index < -0.39 is 25.8 Å². The number of anilines is 1. The van der Waals surface area contributed by atoms with Crippen LogP contribution in [0.25, 0.3) is 0 Å². The second kappa shape index (κ2) is 7.79. The second-order valence-electron chi connectivity index (χ2n) is 6.49. The molecule has 0 saturated carbocycles. The number of rotatable bonds is 6. The first kappa shape index (κ1) is 21.1. The van der Waals surface area contributed by atoms with Gasteiger partial charge in [0, 0.05) is 31.6 Å². The lowest BCUT2D eigenvalue weighted by Crippen LogP contribution is -2.22. The van der Waals surface area contributed by atoms with E-state index in [1.807, 2.05) is 0 Å². The Morgan fingerprint density at radius 2 is 1.70 bits per heavy atom. The lowest BCUT2D eigenvalue weighted by atomic mass is 10.1. The Morgan fingerprint density at radius 3 is 2.30 bits per heavy atom. The molecule has 2 aromatic rings. The topological polar surface area (TPSA) is 101 Å². The summed E-state index contributed by atoms with van der Waals surface area (Å²) in [5.74, 6) is -0.614. The van der Waals surface area contributed by atoms with E-state index in [0.29, 0.717) is 16.8 Å². The predicted molar refractivity (Wildman–Crippen MR) is 105 cm³/mol. The predicted octanol–water partition coefficient (Wildman–Crippen LogP) is 2.04. The third kappa shape index (κ3) is 5.38. The van der Waals surface area contributed by atoms with Gasteiger partial charge in [-0.05, 0) is 42.3 Å². The average Bonchev–Trinajstić information content (AvgIpc) is 2.55. The van der Waals surface area contributed by atoms with E-state index in [1.165, 1.54) is 32.3 Å². The minimum atomic E-state index is -3.63. The Balaban J connectivity index is 2.32. The van der Waals surface area contributed by atoms with Gasteiger partial charge < -0.3 is 5.32 Å². The summed E-state index contributed by atoms with van der Waals surface area (Å²) in [6.07, 6.45) is 1.12. The van der Waals surface area contributed by atoms with Crippen molar-refractivity contribution in [2.24, 2.45) is 0 Å². The van der Waals surface area contributed by atoms with Crippen LogP contribution in [0, 0.1) is 6.92 Å². The van der Waals surface area contributed by atoms with E-state index >= 15 is 0 Å². The Labute approximate surface area is 160 Å². The van der Waals surface area contributed by atoms with Crippen molar-refractivity contribution >= 4 is 31.5 Å². The van der Waals surface area contributed by atoms with Gasteiger partial charge in [0.2, 0.25) is 10.0 Å². The van der Waals surface area contributed by atoms with Crippen molar-refractivity contribution < 1.29 is 21.6 Å². The maximum atomic E-state index is 12.6. The van der Waals surface area contributed by atoms with Crippen LogP contribution < -0.4 is 5.32 Å². The van der Waals surface area contributed by atoms with Crippen LogP contribution in [0.4, 0.5) is 5.69 Å². The summed E-state index contributed by atoms with van der Waals surface area (Å²) in [5, 5.41) is 2.70. The average molecular weight is 411 g/mol. The lowest BCUT2D eigenvalue weighted by molar-refractivity contribution is 0.102. The second-order valence-corrected chi connectivity index (χ2v) is 10.8. The highest BCUT2D eigenvalue weighted by molar-refractivity contribution is 7.90. The standard InChI is InChI=1S/C18H22N2O5S2/c1-13-8-9-16(27(24,25)20(2)3)11-17(13)19-18(21)15-7-5-6-14(10-15)12-26(4,22)23/h5-11H,12H2,1-4H3,(H,19,21). The van der Waals surface area contributed by atoms with E-state index in [1.54, 1.807) is 31.2 Å². The van der Waals surface area contributed by atoms with Gasteiger partial charge in [-0.25, -0.2) is 21.1 Å². The summed E-state index contributed by atoms with van der Waals surface area (Å²) in [6.45, 7) is 1.75. The molecule has 27 heavy (non-hydrogen) atoms. The van der Waals surface area contributed by atoms with E-state index in [4.69, 9.17) is 0 Å².